The molecule has 2 aromatic carbocycles. The fourth-order valence-corrected chi connectivity index (χ4v) is 2.20. The summed E-state index contributed by atoms with van der Waals surface area (Å²) in [6, 6.07) is 18.1. The van der Waals surface area contributed by atoms with Gasteiger partial charge in [0.25, 0.3) is 0 Å². The highest BCUT2D eigenvalue weighted by atomic mass is 16.5. The molecule has 5 nitrogen and oxygen atoms in total. The first-order valence-corrected chi connectivity index (χ1v) is 7.98. The molecule has 0 amide bonds. The number of ether oxygens (including phenoxy) is 2. The van der Waals surface area contributed by atoms with E-state index in [0.717, 1.165) is 16.9 Å². The maximum absolute atomic E-state index is 5.85. The average molecular weight is 327 g/mol. The second-order valence-electron chi connectivity index (χ2n) is 5.62. The normalized spacial score (nSPS) is 12.7. The molecule has 0 saturated heterocycles. The van der Waals surface area contributed by atoms with Gasteiger partial charge in [-0.1, -0.05) is 42.5 Å². The van der Waals surface area contributed by atoms with Crippen LogP contribution in [0.25, 0.3) is 0 Å². The number of methoxy groups -OCH3 is 1. The number of nitrogens with two attached hydrogens (primary N) is 1. The van der Waals surface area contributed by atoms with E-state index in [1.54, 1.807) is 7.11 Å². The molecule has 0 aliphatic heterocycles. The van der Waals surface area contributed by atoms with Crippen molar-refractivity contribution >= 4 is 5.96 Å². The topological polar surface area (TPSA) is 68.9 Å². The summed E-state index contributed by atoms with van der Waals surface area (Å²) >= 11 is 0. The minimum absolute atomic E-state index is 0.132. The summed E-state index contributed by atoms with van der Waals surface area (Å²) in [5.74, 6) is 1.26. The van der Waals surface area contributed by atoms with Crippen LogP contribution in [0.3, 0.4) is 0 Å². The van der Waals surface area contributed by atoms with Gasteiger partial charge in [-0.15, -0.1) is 0 Å². The van der Waals surface area contributed by atoms with E-state index in [1.165, 1.54) is 0 Å². The van der Waals surface area contributed by atoms with Gasteiger partial charge >= 0.3 is 0 Å². The molecule has 1 unspecified atom stereocenters. The first-order chi connectivity index (χ1) is 11.7. The fraction of sp³-hybridized carbons (Fsp3) is 0.316. The smallest absolute Gasteiger partial charge is 0.189 e. The van der Waals surface area contributed by atoms with E-state index in [-0.39, 0.29) is 6.04 Å². The van der Waals surface area contributed by atoms with Gasteiger partial charge in [0.05, 0.1) is 13.2 Å². The van der Waals surface area contributed by atoms with E-state index in [9.17, 15) is 0 Å². The lowest BCUT2D eigenvalue weighted by Gasteiger charge is -2.13. The highest BCUT2D eigenvalue weighted by molar-refractivity contribution is 5.78. The minimum atomic E-state index is 0.132. The van der Waals surface area contributed by atoms with E-state index >= 15 is 0 Å². The Kier molecular flexibility index (Phi) is 7.11. The van der Waals surface area contributed by atoms with Crippen molar-refractivity contribution in [2.24, 2.45) is 10.7 Å². The van der Waals surface area contributed by atoms with Crippen molar-refractivity contribution in [3.8, 4) is 5.75 Å². The molecule has 0 radical (unpaired) electrons. The molecule has 0 aromatic heterocycles. The number of benzene rings is 2. The number of hydrogen-bond acceptors (Lipinski definition) is 3. The summed E-state index contributed by atoms with van der Waals surface area (Å²) in [6.07, 6.45) is 0. The van der Waals surface area contributed by atoms with Gasteiger partial charge in [0.2, 0.25) is 0 Å². The number of nitrogens with one attached hydrogen (secondary N) is 1. The number of rotatable bonds is 8. The van der Waals surface area contributed by atoms with Crippen LogP contribution in [0.5, 0.6) is 5.75 Å². The number of hydrogen-bond donors (Lipinski definition) is 2. The molecule has 24 heavy (non-hydrogen) atoms. The summed E-state index contributed by atoms with van der Waals surface area (Å²) in [4.78, 5) is 4.33. The molecule has 0 fully saturated rings. The maximum Gasteiger partial charge on any atom is 0.189 e. The van der Waals surface area contributed by atoms with Gasteiger partial charge < -0.3 is 20.5 Å². The van der Waals surface area contributed by atoms with Crippen LogP contribution in [0.2, 0.25) is 0 Å². The van der Waals surface area contributed by atoms with E-state index in [1.807, 2.05) is 61.5 Å². The molecule has 0 aliphatic carbocycles. The van der Waals surface area contributed by atoms with Crippen molar-refractivity contribution in [3.05, 3.63) is 65.7 Å². The zero-order chi connectivity index (χ0) is 17.2. The molecule has 2 aromatic rings. The predicted molar refractivity (Wildman–Crippen MR) is 97.0 cm³/mol. The van der Waals surface area contributed by atoms with Gasteiger partial charge in [0.1, 0.15) is 12.4 Å². The van der Waals surface area contributed by atoms with Crippen LogP contribution in [0.4, 0.5) is 0 Å². The predicted octanol–water partition coefficient (Wildman–Crippen LogP) is 2.70. The van der Waals surface area contributed by atoms with Crippen LogP contribution in [-0.2, 0) is 17.9 Å². The molecule has 128 valence electrons. The summed E-state index contributed by atoms with van der Waals surface area (Å²) in [6.45, 7) is 3.67. The second kappa shape index (κ2) is 9.57. The lowest BCUT2D eigenvalue weighted by Crippen LogP contribution is -2.40. The molecular weight excluding hydrogens is 302 g/mol. The van der Waals surface area contributed by atoms with Gasteiger partial charge in [0, 0.05) is 13.2 Å². The lowest BCUT2D eigenvalue weighted by atomic mass is 10.2. The number of nitrogens with zero attached hydrogens (tertiary/aromatic N) is 1. The van der Waals surface area contributed by atoms with Crippen molar-refractivity contribution in [1.82, 2.24) is 5.32 Å². The minimum Gasteiger partial charge on any atom is -0.489 e. The van der Waals surface area contributed by atoms with E-state index in [2.05, 4.69) is 10.3 Å². The van der Waals surface area contributed by atoms with Crippen molar-refractivity contribution in [1.29, 1.82) is 0 Å². The molecule has 0 spiro atoms. The number of guanidine groups is 1. The Hall–Kier alpha value is -2.53. The number of aliphatic imine (C=N–C) groups is 1. The monoisotopic (exact) mass is 327 g/mol. The van der Waals surface area contributed by atoms with Crippen LogP contribution in [0.15, 0.2) is 59.6 Å². The van der Waals surface area contributed by atoms with Crippen LogP contribution < -0.4 is 15.8 Å². The van der Waals surface area contributed by atoms with E-state index in [0.29, 0.717) is 25.7 Å². The average Bonchev–Trinajstić information content (AvgIpc) is 2.60. The summed E-state index contributed by atoms with van der Waals surface area (Å²) in [7, 11) is 1.66. The highest BCUT2D eigenvalue weighted by Crippen LogP contribution is 2.14. The van der Waals surface area contributed by atoms with E-state index in [4.69, 9.17) is 15.2 Å². The second-order valence-corrected chi connectivity index (χ2v) is 5.62. The van der Waals surface area contributed by atoms with Crippen LogP contribution >= 0.6 is 0 Å². The molecule has 0 bridgehead atoms. The first-order valence-electron chi connectivity index (χ1n) is 7.98. The molecule has 2 rings (SSSR count). The zero-order valence-corrected chi connectivity index (χ0v) is 14.2. The van der Waals surface area contributed by atoms with Crippen LogP contribution in [0.1, 0.15) is 18.1 Å². The van der Waals surface area contributed by atoms with Gasteiger partial charge in [-0.05, 0) is 30.2 Å². The third-order valence-corrected chi connectivity index (χ3v) is 3.41. The van der Waals surface area contributed by atoms with Gasteiger partial charge in [-0.25, -0.2) is 4.99 Å². The summed E-state index contributed by atoms with van der Waals surface area (Å²) in [5.41, 5.74) is 8.08. The van der Waals surface area contributed by atoms with Crippen molar-refractivity contribution < 1.29 is 9.47 Å². The van der Waals surface area contributed by atoms with Crippen LogP contribution in [-0.4, -0.2) is 25.7 Å². The Bertz CT molecular complexity index is 627. The third-order valence-electron chi connectivity index (χ3n) is 3.41. The molecule has 5 heteroatoms. The largest absolute Gasteiger partial charge is 0.489 e. The molecule has 0 heterocycles. The van der Waals surface area contributed by atoms with Gasteiger partial charge in [-0.2, -0.15) is 0 Å². The highest BCUT2D eigenvalue weighted by Gasteiger charge is 2.02. The first kappa shape index (κ1) is 17.8. The zero-order valence-electron chi connectivity index (χ0n) is 14.2. The fourth-order valence-electron chi connectivity index (χ4n) is 2.20. The van der Waals surface area contributed by atoms with Crippen molar-refractivity contribution in [3.63, 3.8) is 0 Å². The summed E-state index contributed by atoms with van der Waals surface area (Å²) < 4.78 is 10.8. The molecule has 0 aliphatic rings. The third kappa shape index (κ3) is 6.30. The Balaban J connectivity index is 1.81. The Morgan fingerprint density at radius 1 is 1.08 bits per heavy atom. The quantitative estimate of drug-likeness (QED) is 0.578. The van der Waals surface area contributed by atoms with Crippen molar-refractivity contribution in [2.45, 2.75) is 26.1 Å². The van der Waals surface area contributed by atoms with Crippen LogP contribution in [0, 0.1) is 0 Å². The van der Waals surface area contributed by atoms with Crippen molar-refractivity contribution in [2.75, 3.05) is 13.7 Å². The lowest BCUT2D eigenvalue weighted by molar-refractivity contribution is 0.179. The Morgan fingerprint density at radius 3 is 2.46 bits per heavy atom. The molecule has 0 saturated carbocycles. The summed E-state index contributed by atoms with van der Waals surface area (Å²) in [5, 5.41) is 3.08. The maximum atomic E-state index is 5.85. The molecule has 1 atom stereocenters. The van der Waals surface area contributed by atoms with Gasteiger partial charge in [-0.3, -0.25) is 0 Å². The standard InChI is InChI=1S/C19H25N3O2/c1-15(13-23-2)22-19(20)21-12-16-8-10-18(11-9-16)24-14-17-6-4-3-5-7-17/h3-11,15H,12-14H2,1-2H3,(H3,20,21,22). The molecular formula is C19H25N3O2. The Morgan fingerprint density at radius 2 is 1.79 bits per heavy atom. The van der Waals surface area contributed by atoms with E-state index < -0.39 is 0 Å². The Labute approximate surface area is 143 Å². The molecule has 3 N–H and O–H groups in total. The van der Waals surface area contributed by atoms with Gasteiger partial charge in [0.15, 0.2) is 5.96 Å². The SMILES string of the molecule is COCC(C)NC(N)=NCc1ccc(OCc2ccccc2)cc1.